The number of amides is 1. The smallest absolute Gasteiger partial charge is 0.275 e. The van der Waals surface area contributed by atoms with Crippen molar-refractivity contribution in [3.63, 3.8) is 0 Å². The maximum atomic E-state index is 12.0. The third-order valence-electron chi connectivity index (χ3n) is 4.88. The SMILES string of the molecule is CCCCC(=O)NCc1ccc([N+](=O)[O-])c(C(C)OP(OCCC#N)N(C(C)C)C(C)C)c1. The number of nitro benzene ring substituents is 1. The first-order chi connectivity index (χ1) is 15.6. The molecule has 0 aliphatic heterocycles. The second kappa shape index (κ2) is 14.9. The van der Waals surface area contributed by atoms with Crippen LogP contribution in [0.1, 0.15) is 84.5 Å². The van der Waals surface area contributed by atoms with Crippen LogP contribution >= 0.6 is 8.53 Å². The second-order valence-electron chi connectivity index (χ2n) is 8.32. The van der Waals surface area contributed by atoms with Crippen LogP contribution in [-0.4, -0.2) is 34.2 Å². The van der Waals surface area contributed by atoms with Gasteiger partial charge in [0.2, 0.25) is 5.91 Å². The van der Waals surface area contributed by atoms with Gasteiger partial charge in [0.1, 0.15) is 0 Å². The van der Waals surface area contributed by atoms with Gasteiger partial charge in [-0.1, -0.05) is 19.4 Å². The molecule has 9 nitrogen and oxygen atoms in total. The fraction of sp³-hybridized carbons (Fsp3) is 0.652. The highest BCUT2D eigenvalue weighted by Crippen LogP contribution is 2.50. The molecule has 0 radical (unpaired) electrons. The molecular formula is C23H37N4O5P. The predicted octanol–water partition coefficient (Wildman–Crippen LogP) is 5.75. The third-order valence-corrected chi connectivity index (χ3v) is 7.09. The highest BCUT2D eigenvalue weighted by Gasteiger charge is 2.31. The van der Waals surface area contributed by atoms with Crippen molar-refractivity contribution >= 4 is 20.1 Å². The number of rotatable bonds is 15. The Morgan fingerprint density at radius 3 is 2.48 bits per heavy atom. The first-order valence-electron chi connectivity index (χ1n) is 11.4. The monoisotopic (exact) mass is 480 g/mol. The van der Waals surface area contributed by atoms with Crippen LogP contribution < -0.4 is 5.32 Å². The predicted molar refractivity (Wildman–Crippen MR) is 129 cm³/mol. The zero-order valence-corrected chi connectivity index (χ0v) is 21.4. The van der Waals surface area contributed by atoms with E-state index in [1.165, 1.54) is 6.07 Å². The molecule has 0 aliphatic rings. The van der Waals surface area contributed by atoms with E-state index in [0.29, 0.717) is 12.0 Å². The molecule has 1 rings (SSSR count). The third kappa shape index (κ3) is 9.73. The van der Waals surface area contributed by atoms with Crippen LogP contribution in [0.2, 0.25) is 0 Å². The van der Waals surface area contributed by atoms with E-state index in [1.807, 2.05) is 34.6 Å². The minimum Gasteiger partial charge on any atom is -0.352 e. The number of nitrogens with one attached hydrogen (secondary N) is 1. The number of hydrogen-bond acceptors (Lipinski definition) is 7. The fourth-order valence-corrected chi connectivity index (χ4v) is 5.01. The number of carbonyl (C=O) groups excluding carboxylic acids is 1. The van der Waals surface area contributed by atoms with Crippen LogP contribution in [0.3, 0.4) is 0 Å². The summed E-state index contributed by atoms with van der Waals surface area (Å²) in [5.41, 5.74) is 1.13. The largest absolute Gasteiger partial charge is 0.352 e. The number of unbranched alkanes of at least 4 members (excludes halogenated alkanes) is 1. The molecule has 10 heteroatoms. The molecule has 2 unspecified atom stereocenters. The molecule has 1 aromatic carbocycles. The molecule has 1 N–H and O–H groups in total. The summed E-state index contributed by atoms with van der Waals surface area (Å²) < 4.78 is 14.3. The van der Waals surface area contributed by atoms with Gasteiger partial charge in [-0.15, -0.1) is 0 Å². The maximum Gasteiger partial charge on any atom is 0.275 e. The number of hydrogen-bond donors (Lipinski definition) is 1. The summed E-state index contributed by atoms with van der Waals surface area (Å²) in [6.45, 7) is 12.4. The molecule has 0 aromatic heterocycles. The van der Waals surface area contributed by atoms with Crippen LogP contribution in [0.25, 0.3) is 0 Å². The summed E-state index contributed by atoms with van der Waals surface area (Å²) in [7, 11) is -1.55. The summed E-state index contributed by atoms with van der Waals surface area (Å²) in [6.07, 6.45) is 1.82. The van der Waals surface area contributed by atoms with Crippen molar-refractivity contribution < 1.29 is 18.8 Å². The topological polar surface area (TPSA) is 118 Å². The maximum absolute atomic E-state index is 12.0. The lowest BCUT2D eigenvalue weighted by atomic mass is 10.0. The van der Waals surface area contributed by atoms with Gasteiger partial charge in [0, 0.05) is 31.1 Å². The van der Waals surface area contributed by atoms with Crippen LogP contribution in [0.4, 0.5) is 5.69 Å². The van der Waals surface area contributed by atoms with Crippen LogP contribution in [0.15, 0.2) is 18.2 Å². The van der Waals surface area contributed by atoms with Gasteiger partial charge in [-0.05, 0) is 52.7 Å². The minimum atomic E-state index is -1.55. The van der Waals surface area contributed by atoms with Gasteiger partial charge in [-0.2, -0.15) is 5.26 Å². The Hall–Kier alpha value is -2.11. The molecule has 0 heterocycles. The van der Waals surface area contributed by atoms with Crippen molar-refractivity contribution in [1.82, 2.24) is 9.99 Å². The number of nitriles is 1. The van der Waals surface area contributed by atoms with Crippen molar-refractivity contribution in [2.45, 2.75) is 92.0 Å². The first-order valence-corrected chi connectivity index (χ1v) is 12.5. The van der Waals surface area contributed by atoms with Gasteiger partial charge < -0.3 is 14.4 Å². The lowest BCUT2D eigenvalue weighted by molar-refractivity contribution is -0.386. The molecule has 0 bridgehead atoms. The Labute approximate surface area is 198 Å². The van der Waals surface area contributed by atoms with Gasteiger partial charge in [0.25, 0.3) is 14.2 Å². The lowest BCUT2D eigenvalue weighted by Gasteiger charge is -2.36. The van der Waals surface area contributed by atoms with Gasteiger partial charge in [-0.3, -0.25) is 14.9 Å². The highest BCUT2D eigenvalue weighted by atomic mass is 31.2. The zero-order valence-electron chi connectivity index (χ0n) is 20.5. The molecule has 1 aromatic rings. The van der Waals surface area contributed by atoms with Gasteiger partial charge >= 0.3 is 0 Å². The van der Waals surface area contributed by atoms with E-state index >= 15 is 0 Å². The molecule has 2 atom stereocenters. The molecule has 33 heavy (non-hydrogen) atoms. The van der Waals surface area contributed by atoms with Crippen LogP contribution in [0, 0.1) is 21.4 Å². The molecule has 0 fully saturated rings. The van der Waals surface area contributed by atoms with Gasteiger partial charge in [0.05, 0.1) is 35.7 Å². The normalized spacial score (nSPS) is 13.2. The quantitative estimate of drug-likeness (QED) is 0.147. The van der Waals surface area contributed by atoms with Crippen molar-refractivity contribution in [2.24, 2.45) is 0 Å². The summed E-state index contributed by atoms with van der Waals surface area (Å²) in [5, 5.41) is 23.4. The molecule has 0 saturated carbocycles. The number of nitro groups is 1. The minimum absolute atomic E-state index is 0.0417. The fourth-order valence-electron chi connectivity index (χ4n) is 3.32. The van der Waals surface area contributed by atoms with Crippen LogP contribution in [-0.2, 0) is 20.4 Å². The van der Waals surface area contributed by atoms with Gasteiger partial charge in [-0.25, -0.2) is 4.67 Å². The molecule has 0 spiro atoms. The Morgan fingerprint density at radius 1 is 1.27 bits per heavy atom. The van der Waals surface area contributed by atoms with E-state index in [-0.39, 0.29) is 43.3 Å². The van der Waals surface area contributed by atoms with E-state index in [1.54, 1.807) is 19.1 Å². The lowest BCUT2D eigenvalue weighted by Crippen LogP contribution is -2.34. The Balaban J connectivity index is 3.13. The molecule has 0 aliphatic carbocycles. The van der Waals surface area contributed by atoms with Crippen molar-refractivity contribution in [1.29, 1.82) is 5.26 Å². The number of nitrogens with zero attached hydrogens (tertiary/aromatic N) is 3. The Kier molecular flexibility index (Phi) is 13.1. The van der Waals surface area contributed by atoms with Crippen molar-refractivity contribution in [2.75, 3.05) is 6.61 Å². The first kappa shape index (κ1) is 28.9. The molecular weight excluding hydrogens is 443 g/mol. The van der Waals surface area contributed by atoms with Crippen molar-refractivity contribution in [3.05, 3.63) is 39.4 Å². The van der Waals surface area contributed by atoms with E-state index < -0.39 is 19.6 Å². The molecule has 1 amide bonds. The van der Waals surface area contributed by atoms with E-state index in [2.05, 4.69) is 16.1 Å². The van der Waals surface area contributed by atoms with Gasteiger partial charge in [0.15, 0.2) is 0 Å². The standard InChI is InChI=1S/C23H37N4O5P/c1-7-8-10-23(28)25-16-20-11-12-22(27(29)30)21(15-20)19(6)32-33(31-14-9-13-24)26(17(2)3)18(4)5/h11-12,15,17-19H,7-10,14,16H2,1-6H3,(H,25,28). The van der Waals surface area contributed by atoms with E-state index in [9.17, 15) is 14.9 Å². The Bertz CT molecular complexity index is 805. The van der Waals surface area contributed by atoms with E-state index in [0.717, 1.165) is 18.4 Å². The molecule has 0 saturated heterocycles. The van der Waals surface area contributed by atoms with Crippen LogP contribution in [0.5, 0.6) is 0 Å². The van der Waals surface area contributed by atoms with Crippen molar-refractivity contribution in [3.8, 4) is 6.07 Å². The summed E-state index contributed by atoms with van der Waals surface area (Å²) in [5.74, 6) is -0.0417. The number of carbonyl (C=O) groups is 1. The number of benzene rings is 1. The second-order valence-corrected chi connectivity index (χ2v) is 9.73. The average molecular weight is 481 g/mol. The van der Waals surface area contributed by atoms with E-state index in [4.69, 9.17) is 14.3 Å². The summed E-state index contributed by atoms with van der Waals surface area (Å²) in [4.78, 5) is 23.2. The summed E-state index contributed by atoms with van der Waals surface area (Å²) >= 11 is 0. The summed E-state index contributed by atoms with van der Waals surface area (Å²) in [6, 6.07) is 7.10. The zero-order chi connectivity index (χ0) is 25.0. The molecule has 184 valence electrons. The highest BCUT2D eigenvalue weighted by molar-refractivity contribution is 7.44. The average Bonchev–Trinajstić information content (AvgIpc) is 2.75. The Morgan fingerprint density at radius 2 is 1.94 bits per heavy atom.